The summed E-state index contributed by atoms with van der Waals surface area (Å²) in [5.74, 6) is 1.80. The van der Waals surface area contributed by atoms with E-state index in [0.717, 1.165) is 32.6 Å². The molecule has 2 heterocycles. The zero-order valence-corrected chi connectivity index (χ0v) is 14.6. The summed E-state index contributed by atoms with van der Waals surface area (Å²) >= 11 is 0. The lowest BCUT2D eigenvalue weighted by molar-refractivity contribution is 0.188. The molecule has 1 aromatic carbocycles. The SMILES string of the molecule is CCc1ccc(Oc2ncnc(N3CCN(CCO)CC3)c2N)cc1. The Morgan fingerprint density at radius 1 is 1.12 bits per heavy atom. The highest BCUT2D eigenvalue weighted by Gasteiger charge is 2.21. The molecule has 0 radical (unpaired) electrons. The molecule has 134 valence electrons. The second-order valence-electron chi connectivity index (χ2n) is 6.07. The van der Waals surface area contributed by atoms with E-state index in [-0.39, 0.29) is 6.61 Å². The molecule has 3 rings (SSSR count). The van der Waals surface area contributed by atoms with Crippen molar-refractivity contribution in [3.8, 4) is 11.6 Å². The van der Waals surface area contributed by atoms with Crippen LogP contribution in [0.3, 0.4) is 0 Å². The lowest BCUT2D eigenvalue weighted by atomic mass is 10.2. The summed E-state index contributed by atoms with van der Waals surface area (Å²) in [7, 11) is 0. The standard InChI is InChI=1S/C18H25N5O2/c1-2-14-3-5-15(6-4-14)25-18-16(19)17(20-13-21-18)23-9-7-22(8-10-23)11-12-24/h3-6,13,24H,2,7-12,19H2,1H3. The molecule has 0 saturated carbocycles. The lowest BCUT2D eigenvalue weighted by Crippen LogP contribution is -2.47. The molecule has 1 aliphatic heterocycles. The van der Waals surface area contributed by atoms with E-state index in [4.69, 9.17) is 15.6 Å². The monoisotopic (exact) mass is 343 g/mol. The van der Waals surface area contributed by atoms with Gasteiger partial charge < -0.3 is 20.5 Å². The minimum atomic E-state index is 0.185. The van der Waals surface area contributed by atoms with Gasteiger partial charge in [0.15, 0.2) is 5.82 Å². The normalized spacial score (nSPS) is 15.4. The van der Waals surface area contributed by atoms with Crippen molar-refractivity contribution in [1.29, 1.82) is 0 Å². The van der Waals surface area contributed by atoms with E-state index >= 15 is 0 Å². The Bertz CT molecular complexity index is 684. The summed E-state index contributed by atoms with van der Waals surface area (Å²) in [6.45, 7) is 6.37. The molecule has 0 aliphatic carbocycles. The van der Waals surface area contributed by atoms with Gasteiger partial charge in [-0.15, -0.1) is 0 Å². The van der Waals surface area contributed by atoms with Crippen molar-refractivity contribution in [2.75, 3.05) is 50.0 Å². The highest BCUT2D eigenvalue weighted by Crippen LogP contribution is 2.31. The number of aryl methyl sites for hydroxylation is 1. The molecular formula is C18H25N5O2. The second-order valence-corrected chi connectivity index (χ2v) is 6.07. The van der Waals surface area contributed by atoms with Gasteiger partial charge in [0.05, 0.1) is 6.61 Å². The predicted octanol–water partition coefficient (Wildman–Crippen LogP) is 1.53. The number of aliphatic hydroxyl groups excluding tert-OH is 1. The van der Waals surface area contributed by atoms with Crippen LogP contribution >= 0.6 is 0 Å². The third-order valence-electron chi connectivity index (χ3n) is 4.46. The second kappa shape index (κ2) is 8.13. The van der Waals surface area contributed by atoms with Crippen LogP contribution in [0.1, 0.15) is 12.5 Å². The van der Waals surface area contributed by atoms with Crippen LogP contribution in [0.15, 0.2) is 30.6 Å². The highest BCUT2D eigenvalue weighted by atomic mass is 16.5. The molecule has 0 unspecified atom stereocenters. The first-order chi connectivity index (χ1) is 12.2. The van der Waals surface area contributed by atoms with Crippen molar-refractivity contribution in [2.45, 2.75) is 13.3 Å². The number of benzene rings is 1. The van der Waals surface area contributed by atoms with Gasteiger partial charge in [0, 0.05) is 32.7 Å². The fraction of sp³-hybridized carbons (Fsp3) is 0.444. The van der Waals surface area contributed by atoms with Gasteiger partial charge in [-0.2, -0.15) is 4.98 Å². The van der Waals surface area contributed by atoms with Crippen LogP contribution in [0, 0.1) is 0 Å². The predicted molar refractivity (Wildman–Crippen MR) is 98.1 cm³/mol. The first kappa shape index (κ1) is 17.4. The van der Waals surface area contributed by atoms with Gasteiger partial charge in [-0.25, -0.2) is 4.98 Å². The van der Waals surface area contributed by atoms with Gasteiger partial charge in [-0.3, -0.25) is 4.90 Å². The Morgan fingerprint density at radius 3 is 2.48 bits per heavy atom. The summed E-state index contributed by atoms with van der Waals surface area (Å²) in [5.41, 5.74) is 7.98. The van der Waals surface area contributed by atoms with E-state index in [1.165, 1.54) is 11.9 Å². The molecule has 3 N–H and O–H groups in total. The Morgan fingerprint density at radius 2 is 1.84 bits per heavy atom. The number of hydrogen-bond donors (Lipinski definition) is 2. The van der Waals surface area contributed by atoms with Gasteiger partial charge in [-0.05, 0) is 24.1 Å². The fourth-order valence-corrected chi connectivity index (χ4v) is 2.93. The molecule has 7 heteroatoms. The molecule has 7 nitrogen and oxygen atoms in total. The number of aromatic nitrogens is 2. The molecule has 1 saturated heterocycles. The van der Waals surface area contributed by atoms with Crippen LogP contribution in [0.2, 0.25) is 0 Å². The average molecular weight is 343 g/mol. The minimum Gasteiger partial charge on any atom is -0.437 e. The summed E-state index contributed by atoms with van der Waals surface area (Å²) in [6.07, 6.45) is 2.48. The van der Waals surface area contributed by atoms with Crippen molar-refractivity contribution < 1.29 is 9.84 Å². The summed E-state index contributed by atoms with van der Waals surface area (Å²) in [5, 5.41) is 9.04. The van der Waals surface area contributed by atoms with Gasteiger partial charge >= 0.3 is 0 Å². The highest BCUT2D eigenvalue weighted by molar-refractivity contribution is 5.68. The number of ether oxygens (including phenoxy) is 1. The van der Waals surface area contributed by atoms with Crippen molar-refractivity contribution >= 4 is 11.5 Å². The maximum atomic E-state index is 9.04. The molecule has 1 aliphatic rings. The zero-order chi connectivity index (χ0) is 17.6. The van der Waals surface area contributed by atoms with Crippen molar-refractivity contribution in [3.63, 3.8) is 0 Å². The maximum Gasteiger partial charge on any atom is 0.248 e. The molecular weight excluding hydrogens is 318 g/mol. The Balaban J connectivity index is 1.71. The third kappa shape index (κ3) is 4.18. The number of hydrogen-bond acceptors (Lipinski definition) is 7. The molecule has 1 aromatic heterocycles. The lowest BCUT2D eigenvalue weighted by Gasteiger charge is -2.35. The van der Waals surface area contributed by atoms with Crippen LogP contribution in [0.4, 0.5) is 11.5 Å². The van der Waals surface area contributed by atoms with E-state index in [2.05, 4.69) is 26.7 Å². The number of aliphatic hydroxyl groups is 1. The van der Waals surface area contributed by atoms with Crippen molar-refractivity contribution in [3.05, 3.63) is 36.2 Å². The molecule has 0 bridgehead atoms. The number of anilines is 2. The van der Waals surface area contributed by atoms with Crippen LogP contribution in [-0.4, -0.2) is 59.3 Å². The Hall–Kier alpha value is -2.38. The smallest absolute Gasteiger partial charge is 0.248 e. The average Bonchev–Trinajstić information content (AvgIpc) is 2.65. The number of nitrogens with zero attached hydrogens (tertiary/aromatic N) is 4. The first-order valence-corrected chi connectivity index (χ1v) is 8.66. The summed E-state index contributed by atoms with van der Waals surface area (Å²) in [6, 6.07) is 7.92. The fourth-order valence-electron chi connectivity index (χ4n) is 2.93. The number of piperazine rings is 1. The third-order valence-corrected chi connectivity index (χ3v) is 4.46. The maximum absolute atomic E-state index is 9.04. The molecule has 1 fully saturated rings. The number of nitrogens with two attached hydrogens (primary N) is 1. The van der Waals surface area contributed by atoms with Crippen LogP contribution < -0.4 is 15.4 Å². The van der Waals surface area contributed by atoms with E-state index in [1.807, 2.05) is 24.3 Å². The quantitative estimate of drug-likeness (QED) is 0.822. The topological polar surface area (TPSA) is 87.7 Å². The first-order valence-electron chi connectivity index (χ1n) is 8.66. The van der Waals surface area contributed by atoms with Crippen LogP contribution in [0.5, 0.6) is 11.6 Å². The molecule has 2 aromatic rings. The largest absolute Gasteiger partial charge is 0.437 e. The van der Waals surface area contributed by atoms with Crippen LogP contribution in [0.25, 0.3) is 0 Å². The molecule has 25 heavy (non-hydrogen) atoms. The van der Waals surface area contributed by atoms with E-state index in [9.17, 15) is 0 Å². The van der Waals surface area contributed by atoms with Gasteiger partial charge in [-0.1, -0.05) is 19.1 Å². The number of rotatable bonds is 6. The summed E-state index contributed by atoms with van der Waals surface area (Å²) < 4.78 is 5.85. The van der Waals surface area contributed by atoms with E-state index < -0.39 is 0 Å². The Kier molecular flexibility index (Phi) is 5.67. The van der Waals surface area contributed by atoms with Crippen LogP contribution in [-0.2, 0) is 6.42 Å². The van der Waals surface area contributed by atoms with Crippen molar-refractivity contribution in [1.82, 2.24) is 14.9 Å². The molecule has 0 atom stereocenters. The number of β-amino-alcohol motifs (C(OH)–C–C–N with tert-alkyl or cyclic N) is 1. The zero-order valence-electron chi connectivity index (χ0n) is 14.6. The van der Waals surface area contributed by atoms with Crippen molar-refractivity contribution in [2.24, 2.45) is 0 Å². The molecule has 0 amide bonds. The van der Waals surface area contributed by atoms with E-state index in [1.54, 1.807) is 0 Å². The molecule has 0 spiro atoms. The van der Waals surface area contributed by atoms with Gasteiger partial charge in [0.2, 0.25) is 5.88 Å². The Labute approximate surface area is 148 Å². The van der Waals surface area contributed by atoms with E-state index in [0.29, 0.717) is 29.7 Å². The minimum absolute atomic E-state index is 0.185. The van der Waals surface area contributed by atoms with Gasteiger partial charge in [0.25, 0.3) is 0 Å². The number of nitrogen functional groups attached to an aromatic ring is 1. The summed E-state index contributed by atoms with van der Waals surface area (Å²) in [4.78, 5) is 12.9. The van der Waals surface area contributed by atoms with Gasteiger partial charge in [0.1, 0.15) is 17.8 Å².